The summed E-state index contributed by atoms with van der Waals surface area (Å²) in [6.07, 6.45) is 1.83. The highest BCUT2D eigenvalue weighted by atomic mass is 16.2. The number of aromatic nitrogens is 1. The van der Waals surface area contributed by atoms with Crippen LogP contribution in [0.25, 0.3) is 0 Å². The smallest absolute Gasteiger partial charge is 0.249 e. The number of anilines is 2. The standard InChI is InChI=1S/C20H22N6O2/c27-18-14-16(19(28)22-15-6-2-1-3-7-15)23-20(24-18)26-12-10-25(11-13-26)17-8-4-5-9-21-17/h1-9,16H,10-14H2,(H,22,28)(H,23,24,27). The largest absolute Gasteiger partial charge is 0.353 e. The van der Waals surface area contributed by atoms with Gasteiger partial charge in [0.05, 0.1) is 6.42 Å². The zero-order valence-corrected chi connectivity index (χ0v) is 15.4. The molecule has 0 aliphatic carbocycles. The Morgan fingerprint density at radius 3 is 2.43 bits per heavy atom. The highest BCUT2D eigenvalue weighted by molar-refractivity contribution is 6.06. The Kier molecular flexibility index (Phi) is 5.18. The van der Waals surface area contributed by atoms with Crippen molar-refractivity contribution < 1.29 is 9.59 Å². The van der Waals surface area contributed by atoms with Crippen LogP contribution in [0.3, 0.4) is 0 Å². The lowest BCUT2D eigenvalue weighted by atomic mass is 10.1. The first-order valence-electron chi connectivity index (χ1n) is 9.33. The fourth-order valence-electron chi connectivity index (χ4n) is 3.32. The summed E-state index contributed by atoms with van der Waals surface area (Å²) in [5.41, 5.74) is 0.694. The quantitative estimate of drug-likeness (QED) is 0.834. The minimum absolute atomic E-state index is 0.0517. The van der Waals surface area contributed by atoms with E-state index in [9.17, 15) is 9.59 Å². The molecule has 0 saturated carbocycles. The molecule has 1 aromatic heterocycles. The number of amides is 2. The summed E-state index contributed by atoms with van der Waals surface area (Å²) in [6, 6.07) is 14.3. The molecule has 1 atom stereocenters. The monoisotopic (exact) mass is 378 g/mol. The number of benzene rings is 1. The summed E-state index contributed by atoms with van der Waals surface area (Å²) in [5, 5.41) is 5.64. The second-order valence-electron chi connectivity index (χ2n) is 6.74. The fraction of sp³-hybridized carbons (Fsp3) is 0.300. The lowest BCUT2D eigenvalue weighted by molar-refractivity contribution is -0.125. The van der Waals surface area contributed by atoms with Crippen molar-refractivity contribution in [3.8, 4) is 0 Å². The highest BCUT2D eigenvalue weighted by Gasteiger charge is 2.30. The SMILES string of the molecule is O=C1CC(C(=O)Nc2ccccc2)N=C(N2CCN(c3ccccn3)CC2)N1. The number of pyridine rings is 1. The van der Waals surface area contributed by atoms with E-state index in [4.69, 9.17) is 0 Å². The van der Waals surface area contributed by atoms with Gasteiger partial charge in [-0.15, -0.1) is 0 Å². The van der Waals surface area contributed by atoms with Crippen LogP contribution in [0, 0.1) is 0 Å². The number of piperazine rings is 1. The van der Waals surface area contributed by atoms with Crippen LogP contribution in [0.15, 0.2) is 59.7 Å². The predicted octanol–water partition coefficient (Wildman–Crippen LogP) is 1.09. The van der Waals surface area contributed by atoms with E-state index in [1.165, 1.54) is 0 Å². The van der Waals surface area contributed by atoms with Gasteiger partial charge in [0, 0.05) is 38.1 Å². The van der Waals surface area contributed by atoms with Crippen LogP contribution in [0.1, 0.15) is 6.42 Å². The molecule has 2 N–H and O–H groups in total. The van der Waals surface area contributed by atoms with E-state index < -0.39 is 6.04 Å². The molecule has 1 aromatic carbocycles. The maximum atomic E-state index is 12.5. The molecule has 1 saturated heterocycles. The molecule has 8 heteroatoms. The van der Waals surface area contributed by atoms with Gasteiger partial charge in [-0.1, -0.05) is 24.3 Å². The molecule has 2 aromatic rings. The molecule has 144 valence electrons. The predicted molar refractivity (Wildman–Crippen MR) is 107 cm³/mol. The van der Waals surface area contributed by atoms with Crippen LogP contribution in [0.4, 0.5) is 11.5 Å². The number of guanidine groups is 1. The first kappa shape index (κ1) is 18.0. The maximum absolute atomic E-state index is 12.5. The molecule has 8 nitrogen and oxygen atoms in total. The van der Waals surface area contributed by atoms with Gasteiger partial charge in [0.15, 0.2) is 0 Å². The molecule has 3 heterocycles. The first-order valence-corrected chi connectivity index (χ1v) is 9.33. The van der Waals surface area contributed by atoms with Gasteiger partial charge in [0.1, 0.15) is 11.9 Å². The zero-order chi connectivity index (χ0) is 19.3. The Balaban J connectivity index is 1.41. The van der Waals surface area contributed by atoms with Gasteiger partial charge < -0.3 is 15.1 Å². The topological polar surface area (TPSA) is 89.9 Å². The van der Waals surface area contributed by atoms with Crippen LogP contribution in [0.2, 0.25) is 0 Å². The molecular formula is C20H22N6O2. The van der Waals surface area contributed by atoms with Crippen LogP contribution < -0.4 is 15.5 Å². The van der Waals surface area contributed by atoms with Crippen LogP contribution in [-0.4, -0.2) is 59.9 Å². The number of hydrogen-bond donors (Lipinski definition) is 2. The Bertz CT molecular complexity index is 863. The van der Waals surface area contributed by atoms with Crippen LogP contribution in [0.5, 0.6) is 0 Å². The van der Waals surface area contributed by atoms with Gasteiger partial charge in [0.25, 0.3) is 0 Å². The van der Waals surface area contributed by atoms with Crippen molar-refractivity contribution >= 4 is 29.3 Å². The molecule has 2 amide bonds. The molecule has 1 unspecified atom stereocenters. The second-order valence-corrected chi connectivity index (χ2v) is 6.74. The molecule has 0 bridgehead atoms. The van der Waals surface area contributed by atoms with Crippen molar-refractivity contribution in [1.82, 2.24) is 15.2 Å². The highest BCUT2D eigenvalue weighted by Crippen LogP contribution is 2.15. The summed E-state index contributed by atoms with van der Waals surface area (Å²) in [6.45, 7) is 2.94. The number of carbonyl (C=O) groups excluding carboxylic acids is 2. The third kappa shape index (κ3) is 4.11. The average molecular weight is 378 g/mol. The van der Waals surface area contributed by atoms with E-state index >= 15 is 0 Å². The molecule has 1 fully saturated rings. The minimum atomic E-state index is -0.724. The van der Waals surface area contributed by atoms with Crippen molar-refractivity contribution in [2.45, 2.75) is 12.5 Å². The third-order valence-electron chi connectivity index (χ3n) is 4.80. The number of hydrogen-bond acceptors (Lipinski definition) is 6. The van der Waals surface area contributed by atoms with Crippen LogP contribution >= 0.6 is 0 Å². The summed E-state index contributed by atoms with van der Waals surface area (Å²) in [4.78, 5) is 37.8. The fourth-order valence-corrected chi connectivity index (χ4v) is 3.32. The maximum Gasteiger partial charge on any atom is 0.249 e. The number of aliphatic imine (C=N–C) groups is 1. The Morgan fingerprint density at radius 2 is 1.71 bits per heavy atom. The van der Waals surface area contributed by atoms with Gasteiger partial charge in [-0.25, -0.2) is 9.98 Å². The van der Waals surface area contributed by atoms with E-state index in [0.29, 0.717) is 24.7 Å². The summed E-state index contributed by atoms with van der Waals surface area (Å²) < 4.78 is 0. The number of para-hydroxylation sites is 1. The summed E-state index contributed by atoms with van der Waals surface area (Å²) in [5.74, 6) is 0.957. The molecule has 0 spiro atoms. The van der Waals surface area contributed by atoms with Gasteiger partial charge in [0.2, 0.25) is 17.8 Å². The van der Waals surface area contributed by atoms with Crippen molar-refractivity contribution in [3.63, 3.8) is 0 Å². The van der Waals surface area contributed by atoms with E-state index in [1.54, 1.807) is 6.20 Å². The van der Waals surface area contributed by atoms with Crippen molar-refractivity contribution in [3.05, 3.63) is 54.7 Å². The van der Waals surface area contributed by atoms with Gasteiger partial charge in [-0.2, -0.15) is 0 Å². The summed E-state index contributed by atoms with van der Waals surface area (Å²) in [7, 11) is 0. The lowest BCUT2D eigenvalue weighted by Crippen LogP contribution is -2.56. The number of nitrogens with one attached hydrogen (secondary N) is 2. The lowest BCUT2D eigenvalue weighted by Gasteiger charge is -2.38. The number of nitrogens with zero attached hydrogens (tertiary/aromatic N) is 4. The Morgan fingerprint density at radius 1 is 1.00 bits per heavy atom. The molecule has 0 radical (unpaired) electrons. The van der Waals surface area contributed by atoms with E-state index in [2.05, 4.69) is 25.5 Å². The molecular weight excluding hydrogens is 356 g/mol. The van der Waals surface area contributed by atoms with Crippen molar-refractivity contribution in [2.75, 3.05) is 36.4 Å². The van der Waals surface area contributed by atoms with Gasteiger partial charge in [-0.05, 0) is 24.3 Å². The first-order chi connectivity index (χ1) is 13.7. The van der Waals surface area contributed by atoms with Crippen molar-refractivity contribution in [2.24, 2.45) is 4.99 Å². The summed E-state index contributed by atoms with van der Waals surface area (Å²) >= 11 is 0. The molecule has 28 heavy (non-hydrogen) atoms. The molecule has 2 aliphatic heterocycles. The Labute approximate surface area is 163 Å². The van der Waals surface area contributed by atoms with E-state index in [0.717, 1.165) is 18.9 Å². The van der Waals surface area contributed by atoms with E-state index in [1.807, 2.05) is 53.4 Å². The van der Waals surface area contributed by atoms with Gasteiger partial charge >= 0.3 is 0 Å². The minimum Gasteiger partial charge on any atom is -0.353 e. The third-order valence-corrected chi connectivity index (χ3v) is 4.80. The molecule has 2 aliphatic rings. The zero-order valence-electron chi connectivity index (χ0n) is 15.4. The van der Waals surface area contributed by atoms with E-state index in [-0.39, 0.29) is 18.2 Å². The van der Waals surface area contributed by atoms with Crippen molar-refractivity contribution in [1.29, 1.82) is 0 Å². The second kappa shape index (κ2) is 8.08. The normalized spacial score (nSPS) is 19.6. The number of rotatable bonds is 3. The Hall–Kier alpha value is -3.42. The van der Waals surface area contributed by atoms with Gasteiger partial charge in [-0.3, -0.25) is 14.9 Å². The number of carbonyl (C=O) groups is 2. The average Bonchev–Trinajstić information content (AvgIpc) is 2.75. The van der Waals surface area contributed by atoms with Crippen LogP contribution in [-0.2, 0) is 9.59 Å². The molecule has 4 rings (SSSR count).